The molecule has 0 bridgehead atoms. The normalized spacial score (nSPS) is 15.6. The summed E-state index contributed by atoms with van der Waals surface area (Å²) in [4.78, 5) is 6.69. The molecule has 0 spiro atoms. The van der Waals surface area contributed by atoms with Crippen LogP contribution in [0.25, 0.3) is 5.70 Å². The number of aliphatic imine (C=N–C) groups is 1. The van der Waals surface area contributed by atoms with Crippen LogP contribution < -0.4 is 5.32 Å². The predicted molar refractivity (Wildman–Crippen MR) is 153 cm³/mol. The molecule has 2 aliphatic heterocycles. The van der Waals surface area contributed by atoms with E-state index in [1.165, 1.54) is 12.1 Å². The first-order chi connectivity index (χ1) is 17.2. The number of nitrogens with one attached hydrogen (secondary N) is 1. The molecular weight excluding hydrogens is 452 g/mol. The molecule has 1 unspecified atom stereocenters. The lowest BCUT2D eigenvalue weighted by molar-refractivity contribution is 0.514. The van der Waals surface area contributed by atoms with Gasteiger partial charge in [-0.15, -0.1) is 0 Å². The highest BCUT2D eigenvalue weighted by atomic mass is 19.1. The lowest BCUT2D eigenvalue weighted by Gasteiger charge is -2.30. The Labute approximate surface area is 216 Å². The fourth-order valence-electron chi connectivity index (χ4n) is 3.72. The molecule has 5 heteroatoms. The zero-order chi connectivity index (χ0) is 27.4. The smallest absolute Gasteiger partial charge is 0.187 e. The largest absolute Gasteiger partial charge is 0.352 e. The van der Waals surface area contributed by atoms with Gasteiger partial charge >= 0.3 is 0 Å². The number of hydrogen-bond acceptors (Lipinski definition) is 3. The van der Waals surface area contributed by atoms with Crippen LogP contribution in [0.3, 0.4) is 0 Å². The van der Waals surface area contributed by atoms with Gasteiger partial charge in [0.05, 0.1) is 11.7 Å². The third-order valence-corrected chi connectivity index (χ3v) is 5.54. The molecular formula is C31H41F2N3. The van der Waals surface area contributed by atoms with Crippen LogP contribution in [0.4, 0.5) is 14.5 Å². The van der Waals surface area contributed by atoms with Gasteiger partial charge in [-0.2, -0.15) is 4.39 Å². The van der Waals surface area contributed by atoms with E-state index in [-0.39, 0.29) is 17.8 Å². The van der Waals surface area contributed by atoms with Crippen molar-refractivity contribution in [2.75, 3.05) is 7.05 Å². The highest BCUT2D eigenvalue weighted by Gasteiger charge is 2.24. The number of hydrogen-bond donors (Lipinski definition) is 1. The summed E-state index contributed by atoms with van der Waals surface area (Å²) in [6.07, 6.45) is 3.93. The average molecular weight is 494 g/mol. The quantitative estimate of drug-likeness (QED) is 0.342. The average Bonchev–Trinajstić information content (AvgIpc) is 2.90. The van der Waals surface area contributed by atoms with Crippen molar-refractivity contribution in [3.8, 4) is 0 Å². The topological polar surface area (TPSA) is 27.6 Å². The molecule has 0 radical (unpaired) electrons. The Morgan fingerprint density at radius 3 is 2.19 bits per heavy atom. The van der Waals surface area contributed by atoms with Crippen molar-refractivity contribution in [2.24, 2.45) is 4.99 Å². The second kappa shape index (κ2) is 14.8. The standard InChI is InChI=1S/C18H17FN2.C9H12FN.2C2H6/c1-4-13-10-15(19)11-16-12(2)21(3)18(20-17(13)16)14-8-6-5-7-9-14;1-6(2)9-7(3)4-5-8(10)11-9;2*1-2/h5-11H,2,4H2,1,3H3;4-5,9,11H,1H2,2-3H3;2*1-2H3. The van der Waals surface area contributed by atoms with Gasteiger partial charge in [0.2, 0.25) is 0 Å². The molecule has 0 amide bonds. The van der Waals surface area contributed by atoms with Crippen molar-refractivity contribution in [3.63, 3.8) is 0 Å². The van der Waals surface area contributed by atoms with Gasteiger partial charge in [-0.05, 0) is 49.6 Å². The first-order valence-electron chi connectivity index (χ1n) is 12.6. The summed E-state index contributed by atoms with van der Waals surface area (Å²) < 4.78 is 26.4. The van der Waals surface area contributed by atoms with E-state index < -0.39 is 0 Å². The van der Waals surface area contributed by atoms with Crippen LogP contribution >= 0.6 is 0 Å². The first-order valence-corrected chi connectivity index (χ1v) is 12.6. The summed E-state index contributed by atoms with van der Waals surface area (Å²) in [6, 6.07) is 13.0. The SMILES string of the molecule is C=C(C)C1NC(F)=CC=C1C.C=C1c2cc(F)cc(CC)c2N=C(c2ccccc2)N1C.CC.CC. The molecule has 0 saturated carbocycles. The molecule has 1 atom stereocenters. The first kappa shape index (κ1) is 30.6. The monoisotopic (exact) mass is 493 g/mol. The summed E-state index contributed by atoms with van der Waals surface area (Å²) in [6.45, 7) is 21.7. The number of dihydropyridines is 1. The molecule has 0 saturated heterocycles. The van der Waals surface area contributed by atoms with Crippen LogP contribution in [-0.4, -0.2) is 23.8 Å². The van der Waals surface area contributed by atoms with E-state index in [9.17, 15) is 8.78 Å². The van der Waals surface area contributed by atoms with E-state index in [2.05, 4.69) is 18.5 Å². The molecule has 1 N–H and O–H groups in total. The maximum atomic E-state index is 13.8. The minimum absolute atomic E-state index is 0.0278. The van der Waals surface area contributed by atoms with Gasteiger partial charge in [0.1, 0.15) is 11.7 Å². The Bertz CT molecular complexity index is 1130. The van der Waals surface area contributed by atoms with Crippen LogP contribution in [0.5, 0.6) is 0 Å². The maximum absolute atomic E-state index is 13.8. The van der Waals surface area contributed by atoms with Gasteiger partial charge in [0, 0.05) is 23.9 Å². The number of amidine groups is 1. The minimum atomic E-state index is -0.288. The second-order valence-electron chi connectivity index (χ2n) is 7.97. The minimum Gasteiger partial charge on any atom is -0.352 e. The second-order valence-corrected chi connectivity index (χ2v) is 7.97. The van der Waals surface area contributed by atoms with Crippen LogP contribution in [0.2, 0.25) is 0 Å². The van der Waals surface area contributed by atoms with Crippen LogP contribution in [0.15, 0.2) is 89.9 Å². The summed E-state index contributed by atoms with van der Waals surface area (Å²) in [7, 11) is 1.91. The fourth-order valence-corrected chi connectivity index (χ4v) is 3.72. The molecule has 36 heavy (non-hydrogen) atoms. The number of halogens is 2. The van der Waals surface area contributed by atoms with Crippen LogP contribution in [0.1, 0.15) is 65.2 Å². The highest BCUT2D eigenvalue weighted by molar-refractivity contribution is 6.07. The number of aryl methyl sites for hydroxylation is 1. The molecule has 0 fully saturated rings. The maximum Gasteiger partial charge on any atom is 0.187 e. The summed E-state index contributed by atoms with van der Waals surface area (Å²) in [5, 5.41) is 2.69. The molecule has 2 aromatic rings. The van der Waals surface area contributed by atoms with E-state index >= 15 is 0 Å². The highest BCUT2D eigenvalue weighted by Crippen LogP contribution is 2.37. The van der Waals surface area contributed by atoms with Crippen LogP contribution in [-0.2, 0) is 6.42 Å². The zero-order valence-electron chi connectivity index (χ0n) is 23.0. The van der Waals surface area contributed by atoms with E-state index in [0.29, 0.717) is 0 Å². The Balaban J connectivity index is 0.000000366. The van der Waals surface area contributed by atoms with Crippen LogP contribution in [0, 0.1) is 5.82 Å². The van der Waals surface area contributed by atoms with E-state index in [1.807, 2.05) is 90.7 Å². The van der Waals surface area contributed by atoms with E-state index in [4.69, 9.17) is 4.99 Å². The molecule has 4 rings (SSSR count). The number of allylic oxidation sites excluding steroid dienone is 2. The third kappa shape index (κ3) is 7.51. The molecule has 2 aromatic carbocycles. The molecule has 2 heterocycles. The van der Waals surface area contributed by atoms with Crippen molar-refractivity contribution in [1.82, 2.24) is 10.2 Å². The van der Waals surface area contributed by atoms with Gasteiger partial charge in [-0.1, -0.05) is 89.8 Å². The molecule has 0 aromatic heterocycles. The molecule has 194 valence electrons. The van der Waals surface area contributed by atoms with Gasteiger partial charge in [0.25, 0.3) is 0 Å². The van der Waals surface area contributed by atoms with Crippen molar-refractivity contribution in [1.29, 1.82) is 0 Å². The van der Waals surface area contributed by atoms with Crippen molar-refractivity contribution < 1.29 is 8.78 Å². The lowest BCUT2D eigenvalue weighted by atomic mass is 9.99. The van der Waals surface area contributed by atoms with Gasteiger partial charge in [-0.3, -0.25) is 0 Å². The van der Waals surface area contributed by atoms with Crippen molar-refractivity contribution in [2.45, 2.75) is 60.9 Å². The van der Waals surface area contributed by atoms with E-state index in [0.717, 1.165) is 51.5 Å². The third-order valence-electron chi connectivity index (χ3n) is 5.54. The van der Waals surface area contributed by atoms with E-state index in [1.54, 1.807) is 12.1 Å². The van der Waals surface area contributed by atoms with Gasteiger partial charge in [0.15, 0.2) is 5.95 Å². The predicted octanol–water partition coefficient (Wildman–Crippen LogP) is 8.73. The Kier molecular flexibility index (Phi) is 12.6. The number of benzene rings is 2. The fraction of sp³-hybridized carbons (Fsp3) is 0.323. The number of nitrogens with zero attached hydrogens (tertiary/aromatic N) is 2. The molecule has 0 aliphatic carbocycles. The lowest BCUT2D eigenvalue weighted by Crippen LogP contribution is -2.30. The number of rotatable bonds is 3. The summed E-state index contributed by atoms with van der Waals surface area (Å²) >= 11 is 0. The van der Waals surface area contributed by atoms with Crippen molar-refractivity contribution in [3.05, 3.63) is 107 Å². The molecule has 3 nitrogen and oxygen atoms in total. The molecule has 2 aliphatic rings. The van der Waals surface area contributed by atoms with Crippen molar-refractivity contribution >= 4 is 17.2 Å². The van der Waals surface area contributed by atoms with Gasteiger partial charge < -0.3 is 10.2 Å². The zero-order valence-corrected chi connectivity index (χ0v) is 23.0. The summed E-state index contributed by atoms with van der Waals surface area (Å²) in [5.41, 5.74) is 6.34. The van der Waals surface area contributed by atoms with Gasteiger partial charge in [-0.25, -0.2) is 9.38 Å². The summed E-state index contributed by atoms with van der Waals surface area (Å²) in [5.74, 6) is 0.316. The Morgan fingerprint density at radius 1 is 1.06 bits per heavy atom. The Morgan fingerprint density at radius 2 is 1.67 bits per heavy atom. The Hall–Kier alpha value is -3.47. The number of fused-ring (bicyclic) bond motifs is 1.